The van der Waals surface area contributed by atoms with Crippen LogP contribution in [0.2, 0.25) is 5.02 Å². The standard InChI is InChI=1S/C14H21ClN2O.2C4H4O4/c1-2-18-14-6-5-12(15)8-11(14)10-17-7-3-4-13(17)9-16;2*5-3(6)1-2-4(7)8/h5-6,8,13H,2-4,7,9-10,16H2,1H3;2*1-2H,(H,5,6)(H,7,8)/b;2*2-1+/t13-;;/m0../s1. The van der Waals surface area contributed by atoms with E-state index in [9.17, 15) is 19.2 Å². The van der Waals surface area contributed by atoms with Gasteiger partial charge in [-0.25, -0.2) is 19.2 Å². The lowest BCUT2D eigenvalue weighted by Crippen LogP contribution is -2.34. The second-order valence-electron chi connectivity index (χ2n) is 6.71. The first-order valence-electron chi connectivity index (χ1n) is 10.1. The molecule has 1 heterocycles. The maximum absolute atomic E-state index is 9.55. The second kappa shape index (κ2) is 17.1. The molecular weight excluding hydrogens is 472 g/mol. The zero-order chi connectivity index (χ0) is 26.1. The normalized spacial score (nSPS) is 15.2. The Balaban J connectivity index is 0.000000570. The fourth-order valence-electron chi connectivity index (χ4n) is 2.84. The van der Waals surface area contributed by atoms with Gasteiger partial charge in [0.25, 0.3) is 0 Å². The van der Waals surface area contributed by atoms with Crippen LogP contribution in [0.4, 0.5) is 0 Å². The highest BCUT2D eigenvalue weighted by Crippen LogP contribution is 2.27. The Labute approximate surface area is 201 Å². The number of hydrogen-bond acceptors (Lipinski definition) is 7. The minimum Gasteiger partial charge on any atom is -0.494 e. The molecule has 1 atom stereocenters. The average molecular weight is 501 g/mol. The molecule has 2 rings (SSSR count). The van der Waals surface area contributed by atoms with Gasteiger partial charge in [-0.05, 0) is 44.5 Å². The number of carboxylic acids is 4. The van der Waals surface area contributed by atoms with E-state index in [1.54, 1.807) is 0 Å². The summed E-state index contributed by atoms with van der Waals surface area (Å²) in [7, 11) is 0. The molecule has 0 aliphatic carbocycles. The van der Waals surface area contributed by atoms with Crippen LogP contribution in [0.1, 0.15) is 25.3 Å². The van der Waals surface area contributed by atoms with Crippen LogP contribution in [0.5, 0.6) is 5.75 Å². The largest absolute Gasteiger partial charge is 0.494 e. The van der Waals surface area contributed by atoms with Gasteiger partial charge >= 0.3 is 23.9 Å². The van der Waals surface area contributed by atoms with Gasteiger partial charge < -0.3 is 30.9 Å². The molecule has 0 radical (unpaired) electrons. The molecule has 1 aliphatic heterocycles. The van der Waals surface area contributed by atoms with Gasteiger partial charge in [0.15, 0.2) is 0 Å². The van der Waals surface area contributed by atoms with E-state index in [4.69, 9.17) is 42.5 Å². The molecule has 1 aromatic carbocycles. The van der Waals surface area contributed by atoms with Gasteiger partial charge in [0.2, 0.25) is 0 Å². The molecule has 1 aliphatic rings. The topological polar surface area (TPSA) is 188 Å². The molecule has 0 aromatic heterocycles. The summed E-state index contributed by atoms with van der Waals surface area (Å²) in [6.07, 6.45) is 4.66. The number of nitrogens with two attached hydrogens (primary N) is 1. The number of benzene rings is 1. The number of hydrogen-bond donors (Lipinski definition) is 5. The summed E-state index contributed by atoms with van der Waals surface area (Å²) >= 11 is 6.07. The van der Waals surface area contributed by atoms with Crippen LogP contribution in [0, 0.1) is 0 Å². The summed E-state index contributed by atoms with van der Waals surface area (Å²) < 4.78 is 5.65. The molecule has 34 heavy (non-hydrogen) atoms. The van der Waals surface area contributed by atoms with Crippen LogP contribution in [0.15, 0.2) is 42.5 Å². The summed E-state index contributed by atoms with van der Waals surface area (Å²) in [6, 6.07) is 6.33. The van der Waals surface area contributed by atoms with Crippen molar-refractivity contribution in [3.63, 3.8) is 0 Å². The van der Waals surface area contributed by atoms with E-state index in [2.05, 4.69) is 4.90 Å². The van der Waals surface area contributed by atoms with Gasteiger partial charge in [-0.2, -0.15) is 0 Å². The number of likely N-dealkylation sites (tertiary alicyclic amines) is 1. The number of carbonyl (C=O) groups is 4. The average Bonchev–Trinajstić information content (AvgIpc) is 3.21. The number of rotatable bonds is 9. The molecule has 1 aromatic rings. The summed E-state index contributed by atoms with van der Waals surface area (Å²) in [5.41, 5.74) is 6.96. The Morgan fingerprint density at radius 1 is 1.03 bits per heavy atom. The number of nitrogens with zero attached hydrogens (tertiary/aromatic N) is 1. The third-order valence-electron chi connectivity index (χ3n) is 4.20. The molecule has 188 valence electrons. The van der Waals surface area contributed by atoms with Crippen molar-refractivity contribution in [3.8, 4) is 5.75 Å². The maximum Gasteiger partial charge on any atom is 0.328 e. The predicted molar refractivity (Wildman–Crippen MR) is 124 cm³/mol. The minimum atomic E-state index is -1.26. The van der Waals surface area contributed by atoms with E-state index < -0.39 is 23.9 Å². The van der Waals surface area contributed by atoms with E-state index >= 15 is 0 Å². The highest BCUT2D eigenvalue weighted by Gasteiger charge is 2.24. The SMILES string of the molecule is CCOc1ccc(Cl)cc1CN1CCC[C@H]1CN.O=C(O)/C=C/C(=O)O.O=C(O)/C=C/C(=O)O. The highest BCUT2D eigenvalue weighted by atomic mass is 35.5. The first kappa shape index (κ1) is 30.6. The van der Waals surface area contributed by atoms with E-state index in [1.165, 1.54) is 12.8 Å². The van der Waals surface area contributed by atoms with Crippen molar-refractivity contribution in [1.29, 1.82) is 0 Å². The van der Waals surface area contributed by atoms with Gasteiger partial charge in [0.1, 0.15) is 5.75 Å². The zero-order valence-corrected chi connectivity index (χ0v) is 19.3. The summed E-state index contributed by atoms with van der Waals surface area (Å²) in [5.74, 6) is -4.09. The fraction of sp³-hybridized carbons (Fsp3) is 0.364. The number of carboxylic acid groups (broad SMARTS) is 4. The highest BCUT2D eigenvalue weighted by molar-refractivity contribution is 6.30. The van der Waals surface area contributed by atoms with Crippen molar-refractivity contribution in [1.82, 2.24) is 4.90 Å². The van der Waals surface area contributed by atoms with Gasteiger partial charge in [-0.1, -0.05) is 11.6 Å². The van der Waals surface area contributed by atoms with Crippen molar-refractivity contribution in [2.45, 2.75) is 32.4 Å². The Bertz CT molecular complexity index is 821. The van der Waals surface area contributed by atoms with Crippen molar-refractivity contribution in [2.24, 2.45) is 5.73 Å². The molecule has 0 saturated carbocycles. The monoisotopic (exact) mass is 500 g/mol. The Kier molecular flexibility index (Phi) is 15.4. The molecule has 0 amide bonds. The number of ether oxygens (including phenoxy) is 1. The molecular formula is C22H29ClN2O9. The summed E-state index contributed by atoms with van der Waals surface area (Å²) in [5, 5.41) is 32.0. The van der Waals surface area contributed by atoms with Crippen LogP contribution >= 0.6 is 11.6 Å². The van der Waals surface area contributed by atoms with E-state index in [-0.39, 0.29) is 0 Å². The molecule has 0 spiro atoms. The van der Waals surface area contributed by atoms with Crippen LogP contribution in [0.25, 0.3) is 0 Å². The quantitative estimate of drug-likeness (QED) is 0.312. The zero-order valence-electron chi connectivity index (χ0n) is 18.6. The van der Waals surface area contributed by atoms with Crippen molar-refractivity contribution < 1.29 is 44.3 Å². The molecule has 1 fully saturated rings. The Morgan fingerprint density at radius 2 is 1.53 bits per heavy atom. The third kappa shape index (κ3) is 14.6. The van der Waals surface area contributed by atoms with Gasteiger partial charge in [0.05, 0.1) is 6.61 Å². The third-order valence-corrected chi connectivity index (χ3v) is 4.44. The first-order chi connectivity index (χ1) is 16.0. The lowest BCUT2D eigenvalue weighted by atomic mass is 10.1. The van der Waals surface area contributed by atoms with E-state index in [0.717, 1.165) is 36.0 Å². The Hall–Kier alpha value is -3.41. The summed E-state index contributed by atoms with van der Waals surface area (Å²) in [6.45, 7) is 5.38. The van der Waals surface area contributed by atoms with Crippen LogP contribution in [-0.4, -0.2) is 74.9 Å². The lowest BCUT2D eigenvalue weighted by Gasteiger charge is -2.24. The Morgan fingerprint density at radius 3 is 1.94 bits per heavy atom. The molecule has 6 N–H and O–H groups in total. The van der Waals surface area contributed by atoms with E-state index in [0.29, 0.717) is 37.0 Å². The van der Waals surface area contributed by atoms with Crippen LogP contribution < -0.4 is 10.5 Å². The van der Waals surface area contributed by atoms with Gasteiger partial charge in [-0.3, -0.25) is 4.90 Å². The number of halogens is 1. The number of aliphatic carboxylic acids is 4. The summed E-state index contributed by atoms with van der Waals surface area (Å²) in [4.78, 5) is 40.6. The van der Waals surface area contributed by atoms with Gasteiger partial charge in [-0.15, -0.1) is 0 Å². The smallest absolute Gasteiger partial charge is 0.328 e. The van der Waals surface area contributed by atoms with Gasteiger partial charge in [0, 0.05) is 54.0 Å². The van der Waals surface area contributed by atoms with Crippen molar-refractivity contribution in [2.75, 3.05) is 19.7 Å². The minimum absolute atomic E-state index is 0.499. The molecule has 12 heteroatoms. The van der Waals surface area contributed by atoms with E-state index in [1.807, 2.05) is 25.1 Å². The predicted octanol–water partition coefficient (Wildman–Crippen LogP) is 2.09. The molecule has 1 saturated heterocycles. The maximum atomic E-state index is 9.55. The molecule has 0 bridgehead atoms. The lowest BCUT2D eigenvalue weighted by molar-refractivity contribution is -0.134. The fourth-order valence-corrected chi connectivity index (χ4v) is 3.04. The van der Waals surface area contributed by atoms with Crippen molar-refractivity contribution in [3.05, 3.63) is 53.1 Å². The first-order valence-corrected chi connectivity index (χ1v) is 10.5. The van der Waals surface area contributed by atoms with Crippen molar-refractivity contribution >= 4 is 35.5 Å². The molecule has 11 nitrogen and oxygen atoms in total. The van der Waals surface area contributed by atoms with Crippen LogP contribution in [0.3, 0.4) is 0 Å². The molecule has 0 unspecified atom stereocenters. The van der Waals surface area contributed by atoms with Crippen LogP contribution in [-0.2, 0) is 25.7 Å². The second-order valence-corrected chi connectivity index (χ2v) is 7.14.